The van der Waals surface area contributed by atoms with Gasteiger partial charge in [0.1, 0.15) is 18.1 Å². The van der Waals surface area contributed by atoms with Crippen LogP contribution in [0.2, 0.25) is 0 Å². The Bertz CT molecular complexity index is 1250. The van der Waals surface area contributed by atoms with Gasteiger partial charge in [0.15, 0.2) is 0 Å². The van der Waals surface area contributed by atoms with Crippen molar-refractivity contribution in [2.45, 2.75) is 32.4 Å². The second kappa shape index (κ2) is 10.4. The Labute approximate surface area is 205 Å². The maximum absolute atomic E-state index is 13.2. The van der Waals surface area contributed by atoms with Crippen LogP contribution in [0.5, 0.6) is 5.75 Å². The Kier molecular flexibility index (Phi) is 7.11. The van der Waals surface area contributed by atoms with Gasteiger partial charge < -0.3 is 14.7 Å². The smallest absolute Gasteiger partial charge is 0.295 e. The standard InChI is InChI=1S/C29H28N2O4/c1-4-16-35-24-13-11-23(12-14-24)27(32)25-26(22-9-7-21(8-10-22)19(2)3)31(29(34)28(25)33)18-20-6-5-15-30-17-20/h4-15,17,19,26,32H,1,16,18H2,2-3H3/b27-25+/t26-/m1/s1. The highest BCUT2D eigenvalue weighted by Crippen LogP contribution is 2.40. The summed E-state index contributed by atoms with van der Waals surface area (Å²) in [6, 6.07) is 17.5. The van der Waals surface area contributed by atoms with Crippen molar-refractivity contribution in [1.29, 1.82) is 0 Å². The number of likely N-dealkylation sites (tertiary alicyclic amines) is 1. The van der Waals surface area contributed by atoms with E-state index >= 15 is 0 Å². The maximum Gasteiger partial charge on any atom is 0.295 e. The minimum absolute atomic E-state index is 0.0657. The number of ether oxygens (including phenoxy) is 1. The summed E-state index contributed by atoms with van der Waals surface area (Å²) in [5, 5.41) is 11.2. The molecular formula is C29H28N2O4. The zero-order chi connectivity index (χ0) is 24.9. The molecule has 2 heterocycles. The summed E-state index contributed by atoms with van der Waals surface area (Å²) in [4.78, 5) is 32.0. The number of hydrogen-bond donors (Lipinski definition) is 1. The number of ketones is 1. The molecule has 178 valence electrons. The number of amides is 1. The Morgan fingerprint density at radius 2 is 1.83 bits per heavy atom. The minimum Gasteiger partial charge on any atom is -0.507 e. The lowest BCUT2D eigenvalue weighted by molar-refractivity contribution is -0.140. The van der Waals surface area contributed by atoms with Gasteiger partial charge in [-0.05, 0) is 52.9 Å². The second-order valence-corrected chi connectivity index (χ2v) is 8.73. The molecule has 6 nitrogen and oxygen atoms in total. The first-order chi connectivity index (χ1) is 16.9. The molecule has 0 bridgehead atoms. The zero-order valence-electron chi connectivity index (χ0n) is 19.8. The molecule has 0 saturated carbocycles. The van der Waals surface area contributed by atoms with Crippen molar-refractivity contribution >= 4 is 17.4 Å². The van der Waals surface area contributed by atoms with Crippen LogP contribution in [-0.2, 0) is 16.1 Å². The predicted octanol–water partition coefficient (Wildman–Crippen LogP) is 5.39. The topological polar surface area (TPSA) is 79.7 Å². The number of Topliss-reactive ketones (excluding diaryl/α,β-unsaturated/α-hetero) is 1. The number of aliphatic hydroxyl groups is 1. The van der Waals surface area contributed by atoms with Crippen molar-refractivity contribution in [2.75, 3.05) is 6.61 Å². The van der Waals surface area contributed by atoms with E-state index in [0.717, 1.165) is 16.7 Å². The van der Waals surface area contributed by atoms with Crippen LogP contribution in [0.15, 0.2) is 91.3 Å². The van der Waals surface area contributed by atoms with Crippen molar-refractivity contribution in [3.8, 4) is 5.75 Å². The quantitative estimate of drug-likeness (QED) is 0.207. The molecule has 1 saturated heterocycles. The molecular weight excluding hydrogens is 440 g/mol. The Morgan fingerprint density at radius 3 is 2.43 bits per heavy atom. The van der Waals surface area contributed by atoms with E-state index in [-0.39, 0.29) is 17.9 Å². The summed E-state index contributed by atoms with van der Waals surface area (Å²) in [7, 11) is 0. The van der Waals surface area contributed by atoms with Crippen LogP contribution in [0.4, 0.5) is 0 Å². The molecule has 0 radical (unpaired) electrons. The van der Waals surface area contributed by atoms with E-state index in [1.165, 1.54) is 4.90 Å². The van der Waals surface area contributed by atoms with Crippen molar-refractivity contribution in [3.63, 3.8) is 0 Å². The van der Waals surface area contributed by atoms with Crippen molar-refractivity contribution in [1.82, 2.24) is 9.88 Å². The summed E-state index contributed by atoms with van der Waals surface area (Å²) >= 11 is 0. The highest BCUT2D eigenvalue weighted by Gasteiger charge is 2.46. The number of aliphatic hydroxyl groups excluding tert-OH is 1. The van der Waals surface area contributed by atoms with E-state index in [4.69, 9.17) is 4.74 Å². The SMILES string of the molecule is C=CCOc1ccc(/C(O)=C2\C(=O)C(=O)N(Cc3cccnc3)[C@@H]2c2ccc(C(C)C)cc2)cc1. The highest BCUT2D eigenvalue weighted by molar-refractivity contribution is 6.46. The van der Waals surface area contributed by atoms with Gasteiger partial charge in [-0.15, -0.1) is 0 Å². The molecule has 3 aromatic rings. The van der Waals surface area contributed by atoms with Gasteiger partial charge >= 0.3 is 0 Å². The van der Waals surface area contributed by atoms with E-state index in [9.17, 15) is 14.7 Å². The fourth-order valence-corrected chi connectivity index (χ4v) is 4.16. The van der Waals surface area contributed by atoms with Crippen molar-refractivity contribution < 1.29 is 19.4 Å². The average Bonchev–Trinajstić information content (AvgIpc) is 3.13. The molecule has 0 aliphatic carbocycles. The summed E-state index contributed by atoms with van der Waals surface area (Å²) in [6.07, 6.45) is 4.96. The highest BCUT2D eigenvalue weighted by atomic mass is 16.5. The first-order valence-corrected chi connectivity index (χ1v) is 11.5. The molecule has 1 aromatic heterocycles. The van der Waals surface area contributed by atoms with E-state index in [2.05, 4.69) is 25.4 Å². The number of carbonyl (C=O) groups excluding carboxylic acids is 2. The first kappa shape index (κ1) is 24.0. The van der Waals surface area contributed by atoms with Gasteiger partial charge in [-0.2, -0.15) is 0 Å². The zero-order valence-corrected chi connectivity index (χ0v) is 19.8. The molecule has 1 aliphatic heterocycles. The van der Waals surface area contributed by atoms with Gasteiger partial charge in [-0.25, -0.2) is 0 Å². The second-order valence-electron chi connectivity index (χ2n) is 8.73. The van der Waals surface area contributed by atoms with Crippen LogP contribution in [0.25, 0.3) is 5.76 Å². The predicted molar refractivity (Wildman–Crippen MR) is 135 cm³/mol. The number of aromatic nitrogens is 1. The maximum atomic E-state index is 13.2. The van der Waals surface area contributed by atoms with Gasteiger partial charge in [0.2, 0.25) is 0 Å². The largest absolute Gasteiger partial charge is 0.507 e. The van der Waals surface area contributed by atoms with Crippen LogP contribution in [0.3, 0.4) is 0 Å². The fourth-order valence-electron chi connectivity index (χ4n) is 4.16. The van der Waals surface area contributed by atoms with Gasteiger partial charge in [-0.1, -0.05) is 56.8 Å². The molecule has 1 amide bonds. The van der Waals surface area contributed by atoms with Crippen LogP contribution >= 0.6 is 0 Å². The third-order valence-electron chi connectivity index (χ3n) is 6.03. The van der Waals surface area contributed by atoms with Gasteiger partial charge in [0.25, 0.3) is 11.7 Å². The fraction of sp³-hybridized carbons (Fsp3) is 0.207. The van der Waals surface area contributed by atoms with Crippen LogP contribution < -0.4 is 4.74 Å². The molecule has 1 fully saturated rings. The Hall–Kier alpha value is -4.19. The summed E-state index contributed by atoms with van der Waals surface area (Å²) < 4.78 is 5.51. The monoisotopic (exact) mass is 468 g/mol. The van der Waals surface area contributed by atoms with Crippen LogP contribution in [-0.4, -0.2) is 33.3 Å². The lowest BCUT2D eigenvalue weighted by Crippen LogP contribution is -2.29. The number of hydrogen-bond acceptors (Lipinski definition) is 5. The number of rotatable bonds is 8. The minimum atomic E-state index is -0.729. The van der Waals surface area contributed by atoms with Crippen molar-refractivity contribution in [3.05, 3.63) is 114 Å². The van der Waals surface area contributed by atoms with E-state index < -0.39 is 17.7 Å². The van der Waals surface area contributed by atoms with Crippen LogP contribution in [0, 0.1) is 0 Å². The normalized spacial score (nSPS) is 17.1. The van der Waals surface area contributed by atoms with E-state index in [0.29, 0.717) is 23.8 Å². The third-order valence-corrected chi connectivity index (χ3v) is 6.03. The van der Waals surface area contributed by atoms with Gasteiger partial charge in [-0.3, -0.25) is 14.6 Å². The number of pyridine rings is 1. The lowest BCUT2D eigenvalue weighted by atomic mass is 9.93. The van der Waals surface area contributed by atoms with Crippen molar-refractivity contribution in [2.24, 2.45) is 0 Å². The molecule has 0 unspecified atom stereocenters. The molecule has 1 atom stereocenters. The molecule has 4 rings (SSSR count). The van der Waals surface area contributed by atoms with Gasteiger partial charge in [0.05, 0.1) is 11.6 Å². The molecule has 0 spiro atoms. The molecule has 1 N–H and O–H groups in total. The summed E-state index contributed by atoms with van der Waals surface area (Å²) in [5.74, 6) is -0.632. The Balaban J connectivity index is 1.79. The summed E-state index contributed by atoms with van der Waals surface area (Å²) in [6.45, 7) is 8.39. The summed E-state index contributed by atoms with van der Waals surface area (Å²) in [5.41, 5.74) is 3.19. The molecule has 35 heavy (non-hydrogen) atoms. The molecule has 1 aliphatic rings. The third kappa shape index (κ3) is 5.01. The molecule has 6 heteroatoms. The number of benzene rings is 2. The van der Waals surface area contributed by atoms with E-state index in [1.54, 1.807) is 48.8 Å². The molecule has 2 aromatic carbocycles. The average molecular weight is 469 g/mol. The Morgan fingerprint density at radius 1 is 1.11 bits per heavy atom. The van der Waals surface area contributed by atoms with E-state index in [1.807, 2.05) is 30.3 Å². The van der Waals surface area contributed by atoms with Gasteiger partial charge in [0, 0.05) is 24.5 Å². The number of nitrogens with zero attached hydrogens (tertiary/aromatic N) is 2. The lowest BCUT2D eigenvalue weighted by Gasteiger charge is -2.25. The first-order valence-electron chi connectivity index (χ1n) is 11.5. The number of carbonyl (C=O) groups is 2. The van der Waals surface area contributed by atoms with Crippen LogP contribution in [0.1, 0.15) is 48.1 Å².